The third-order valence-corrected chi connectivity index (χ3v) is 2.65. The van der Waals surface area contributed by atoms with E-state index < -0.39 is 0 Å². The quantitative estimate of drug-likeness (QED) is 0.874. The van der Waals surface area contributed by atoms with Gasteiger partial charge in [-0.15, -0.1) is 0 Å². The van der Waals surface area contributed by atoms with Gasteiger partial charge in [-0.25, -0.2) is 9.97 Å². The van der Waals surface area contributed by atoms with Crippen LogP contribution in [0.15, 0.2) is 18.5 Å². The highest BCUT2D eigenvalue weighted by Gasteiger charge is 2.12. The number of nitrogen functional groups attached to an aromatic ring is 1. The molecule has 0 spiro atoms. The second-order valence-corrected chi connectivity index (χ2v) is 3.87. The molecular formula is C11H7ClN6. The van der Waals surface area contributed by atoms with Crippen molar-refractivity contribution < 1.29 is 0 Å². The minimum atomic E-state index is 0.0810. The number of nitriles is 2. The van der Waals surface area contributed by atoms with E-state index in [0.29, 0.717) is 16.5 Å². The summed E-state index contributed by atoms with van der Waals surface area (Å²) in [6.45, 7) is 0.238. The van der Waals surface area contributed by atoms with Crippen molar-refractivity contribution in [2.45, 2.75) is 6.54 Å². The molecule has 2 heterocycles. The molecule has 0 fully saturated rings. The van der Waals surface area contributed by atoms with E-state index in [4.69, 9.17) is 27.9 Å². The summed E-state index contributed by atoms with van der Waals surface area (Å²) in [6, 6.07) is 6.99. The summed E-state index contributed by atoms with van der Waals surface area (Å²) in [5.74, 6) is 0.341. The lowest BCUT2D eigenvalue weighted by atomic mass is 10.3. The Bertz CT molecular complexity index is 676. The lowest BCUT2D eigenvalue weighted by Gasteiger charge is -2.06. The number of pyridine rings is 1. The second kappa shape index (κ2) is 4.74. The van der Waals surface area contributed by atoms with Gasteiger partial charge in [-0.1, -0.05) is 11.6 Å². The summed E-state index contributed by atoms with van der Waals surface area (Å²) in [7, 11) is 0. The molecule has 7 heteroatoms. The van der Waals surface area contributed by atoms with Crippen LogP contribution >= 0.6 is 11.6 Å². The number of anilines is 1. The van der Waals surface area contributed by atoms with E-state index in [1.807, 2.05) is 12.1 Å². The number of halogens is 1. The fourth-order valence-corrected chi connectivity index (χ4v) is 1.64. The van der Waals surface area contributed by atoms with Crippen molar-refractivity contribution >= 4 is 17.4 Å². The van der Waals surface area contributed by atoms with Crippen molar-refractivity contribution in [1.82, 2.24) is 14.5 Å². The zero-order chi connectivity index (χ0) is 13.1. The molecule has 0 amide bonds. The zero-order valence-corrected chi connectivity index (χ0v) is 9.89. The molecule has 2 aromatic heterocycles. The van der Waals surface area contributed by atoms with E-state index in [1.165, 1.54) is 10.9 Å². The minimum absolute atomic E-state index is 0.0810. The standard InChI is InChI=1S/C11H7ClN6/c12-7-1-2-11(15)17-9(7)5-18-6-16-8(3-13)10(18)4-14/h1-2,6H,5H2,(H2,15,17). The smallest absolute Gasteiger partial charge is 0.176 e. The fourth-order valence-electron chi connectivity index (χ4n) is 1.47. The van der Waals surface area contributed by atoms with Crippen molar-refractivity contribution in [3.63, 3.8) is 0 Å². The topological polar surface area (TPSA) is 104 Å². The molecule has 0 aliphatic heterocycles. The summed E-state index contributed by atoms with van der Waals surface area (Å²) < 4.78 is 1.51. The van der Waals surface area contributed by atoms with E-state index in [1.54, 1.807) is 12.1 Å². The molecule has 0 saturated heterocycles. The van der Waals surface area contributed by atoms with Gasteiger partial charge in [0, 0.05) is 0 Å². The Balaban J connectivity index is 2.41. The largest absolute Gasteiger partial charge is 0.384 e. The average Bonchev–Trinajstić information content (AvgIpc) is 2.75. The Morgan fingerprint density at radius 1 is 1.33 bits per heavy atom. The Hall–Kier alpha value is -2.57. The first-order chi connectivity index (χ1) is 8.65. The molecule has 0 aromatic carbocycles. The molecule has 0 atom stereocenters. The molecule has 0 bridgehead atoms. The van der Waals surface area contributed by atoms with Crippen LogP contribution in [0, 0.1) is 22.7 Å². The molecule has 88 valence electrons. The van der Waals surface area contributed by atoms with Crippen LogP contribution in [0.3, 0.4) is 0 Å². The molecule has 2 rings (SSSR count). The molecule has 6 nitrogen and oxygen atoms in total. The summed E-state index contributed by atoms with van der Waals surface area (Å²) in [5, 5.41) is 18.2. The molecule has 0 aliphatic rings. The number of nitrogens with two attached hydrogens (primary N) is 1. The van der Waals surface area contributed by atoms with E-state index in [2.05, 4.69) is 9.97 Å². The van der Waals surface area contributed by atoms with Crippen LogP contribution in [-0.2, 0) is 6.54 Å². The molecule has 0 saturated carbocycles. The van der Waals surface area contributed by atoms with Gasteiger partial charge in [0.25, 0.3) is 0 Å². The van der Waals surface area contributed by atoms with E-state index >= 15 is 0 Å². The van der Waals surface area contributed by atoms with Crippen LogP contribution in [0.1, 0.15) is 17.1 Å². The van der Waals surface area contributed by atoms with Crippen molar-refractivity contribution in [3.05, 3.63) is 40.6 Å². The van der Waals surface area contributed by atoms with Gasteiger partial charge < -0.3 is 10.3 Å². The lowest BCUT2D eigenvalue weighted by molar-refractivity contribution is 0.764. The Labute approximate surface area is 108 Å². The van der Waals surface area contributed by atoms with Gasteiger partial charge in [-0.3, -0.25) is 0 Å². The molecular weight excluding hydrogens is 252 g/mol. The number of aromatic nitrogens is 3. The van der Waals surface area contributed by atoms with Gasteiger partial charge >= 0.3 is 0 Å². The normalized spacial score (nSPS) is 9.72. The van der Waals surface area contributed by atoms with Crippen LogP contribution < -0.4 is 5.73 Å². The maximum absolute atomic E-state index is 8.98. The van der Waals surface area contributed by atoms with E-state index in [9.17, 15) is 0 Å². The second-order valence-electron chi connectivity index (χ2n) is 3.46. The van der Waals surface area contributed by atoms with Gasteiger partial charge in [0.05, 0.1) is 23.6 Å². The predicted molar refractivity (Wildman–Crippen MR) is 64.4 cm³/mol. The van der Waals surface area contributed by atoms with Crippen LogP contribution in [0.5, 0.6) is 0 Å². The number of nitrogens with zero attached hydrogens (tertiary/aromatic N) is 5. The lowest BCUT2D eigenvalue weighted by Crippen LogP contribution is -2.05. The number of hydrogen-bond donors (Lipinski definition) is 1. The third kappa shape index (κ3) is 2.10. The average molecular weight is 259 g/mol. The SMILES string of the molecule is N#Cc1ncn(Cc2nc(N)ccc2Cl)c1C#N. The highest BCUT2D eigenvalue weighted by Crippen LogP contribution is 2.17. The minimum Gasteiger partial charge on any atom is -0.384 e. The van der Waals surface area contributed by atoms with E-state index in [0.717, 1.165) is 0 Å². The predicted octanol–water partition coefficient (Wildman–Crippen LogP) is 1.31. The summed E-state index contributed by atoms with van der Waals surface area (Å²) in [5.41, 5.74) is 6.35. The molecule has 0 aliphatic carbocycles. The Morgan fingerprint density at radius 3 is 2.78 bits per heavy atom. The van der Waals surface area contributed by atoms with Crippen LogP contribution in [-0.4, -0.2) is 14.5 Å². The van der Waals surface area contributed by atoms with Crippen LogP contribution in [0.4, 0.5) is 5.82 Å². The summed E-state index contributed by atoms with van der Waals surface area (Å²) in [6.07, 6.45) is 1.40. The zero-order valence-electron chi connectivity index (χ0n) is 9.13. The highest BCUT2D eigenvalue weighted by molar-refractivity contribution is 6.31. The van der Waals surface area contributed by atoms with Crippen molar-refractivity contribution in [2.75, 3.05) is 5.73 Å². The number of imidazole rings is 1. The van der Waals surface area contributed by atoms with Gasteiger partial charge in [0.1, 0.15) is 18.0 Å². The first kappa shape index (κ1) is 11.9. The first-order valence-electron chi connectivity index (χ1n) is 4.92. The molecule has 0 unspecified atom stereocenters. The summed E-state index contributed by atoms with van der Waals surface area (Å²) in [4.78, 5) is 7.91. The Kier molecular flexibility index (Phi) is 3.13. The Morgan fingerprint density at radius 2 is 2.11 bits per heavy atom. The molecule has 2 aromatic rings. The van der Waals surface area contributed by atoms with Gasteiger partial charge in [-0.2, -0.15) is 10.5 Å². The van der Waals surface area contributed by atoms with Crippen molar-refractivity contribution in [2.24, 2.45) is 0 Å². The van der Waals surface area contributed by atoms with Crippen LogP contribution in [0.25, 0.3) is 0 Å². The highest BCUT2D eigenvalue weighted by atomic mass is 35.5. The third-order valence-electron chi connectivity index (χ3n) is 2.31. The maximum Gasteiger partial charge on any atom is 0.176 e. The molecule has 2 N–H and O–H groups in total. The van der Waals surface area contributed by atoms with Gasteiger partial charge in [-0.05, 0) is 12.1 Å². The fraction of sp³-hybridized carbons (Fsp3) is 0.0909. The van der Waals surface area contributed by atoms with Gasteiger partial charge in [0.15, 0.2) is 11.4 Å². The summed E-state index contributed by atoms with van der Waals surface area (Å²) >= 11 is 5.98. The number of hydrogen-bond acceptors (Lipinski definition) is 5. The monoisotopic (exact) mass is 258 g/mol. The molecule has 18 heavy (non-hydrogen) atoms. The van der Waals surface area contributed by atoms with Crippen molar-refractivity contribution in [3.8, 4) is 12.1 Å². The van der Waals surface area contributed by atoms with Crippen molar-refractivity contribution in [1.29, 1.82) is 10.5 Å². The van der Waals surface area contributed by atoms with Gasteiger partial charge in [0.2, 0.25) is 0 Å². The van der Waals surface area contributed by atoms with Crippen LogP contribution in [0.2, 0.25) is 5.02 Å². The number of rotatable bonds is 2. The van der Waals surface area contributed by atoms with E-state index in [-0.39, 0.29) is 17.9 Å². The first-order valence-corrected chi connectivity index (χ1v) is 5.29. The molecule has 0 radical (unpaired) electrons. The maximum atomic E-state index is 8.98.